The van der Waals surface area contributed by atoms with Crippen molar-refractivity contribution >= 4 is 34.2 Å². The number of benzene rings is 1. The van der Waals surface area contributed by atoms with Crippen LogP contribution < -0.4 is 5.32 Å². The molecule has 0 aliphatic heterocycles. The number of thiophene rings is 1. The monoisotopic (exact) mass is 469 g/mol. The molecule has 1 aromatic heterocycles. The Labute approximate surface area is 198 Å². The Balaban J connectivity index is 1.69. The van der Waals surface area contributed by atoms with Crippen molar-refractivity contribution in [3.8, 4) is 11.1 Å². The normalized spacial score (nSPS) is 24.0. The maximum Gasteiger partial charge on any atom is 0.341 e. The number of methoxy groups -OCH3 is 1. The summed E-state index contributed by atoms with van der Waals surface area (Å²) in [6.07, 6.45) is 2.53. The van der Waals surface area contributed by atoms with Crippen LogP contribution in [0, 0.1) is 30.6 Å². The van der Waals surface area contributed by atoms with Crippen molar-refractivity contribution in [2.45, 2.75) is 52.4 Å². The smallest absolute Gasteiger partial charge is 0.341 e. The highest BCUT2D eigenvalue weighted by Crippen LogP contribution is 2.53. The van der Waals surface area contributed by atoms with E-state index in [-0.39, 0.29) is 23.2 Å². The Morgan fingerprint density at radius 3 is 2.21 bits per heavy atom. The standard InChI is InChI=1S/C26H31NO5S/c1-13-18(14-8-10-17(11-9-14)26(2,3)4)21(25(31)32-5)23(33-13)27-22(28)19-15-6-7-16(12-15)20(19)24(29)30/h8-11,15-16,19-20H,6-7,12H2,1-5H3,(H,27,28)(H,29,30)/t15-,16-,19-,20-/m0/s1. The number of carbonyl (C=O) groups excluding carboxylic acids is 2. The van der Waals surface area contributed by atoms with E-state index in [0.717, 1.165) is 35.3 Å². The SMILES string of the molecule is COC(=O)c1c(NC(=O)[C@H]2[C@H]3CC[C@@H](C3)[C@@H]2C(=O)O)sc(C)c1-c1ccc(C(C)(C)C)cc1. The predicted octanol–water partition coefficient (Wildman–Crippen LogP) is 5.49. The molecule has 0 spiro atoms. The zero-order chi connectivity index (χ0) is 24.1. The minimum atomic E-state index is -0.905. The van der Waals surface area contributed by atoms with E-state index in [1.807, 2.05) is 19.1 Å². The fourth-order valence-corrected chi connectivity index (χ4v) is 6.70. The number of ether oxygens (including phenoxy) is 1. The molecule has 2 bridgehead atoms. The molecular weight excluding hydrogens is 438 g/mol. The van der Waals surface area contributed by atoms with Crippen molar-refractivity contribution in [2.75, 3.05) is 12.4 Å². The lowest BCUT2D eigenvalue weighted by molar-refractivity contribution is -0.148. The van der Waals surface area contributed by atoms with Crippen LogP contribution in [0.1, 0.15) is 60.8 Å². The molecular formula is C26H31NO5S. The van der Waals surface area contributed by atoms with Crippen molar-refractivity contribution in [1.82, 2.24) is 0 Å². The molecule has 2 aliphatic carbocycles. The second-order valence-electron chi connectivity index (χ2n) is 10.3. The predicted molar refractivity (Wildman–Crippen MR) is 129 cm³/mol. The van der Waals surface area contributed by atoms with E-state index in [9.17, 15) is 19.5 Å². The van der Waals surface area contributed by atoms with Gasteiger partial charge in [-0.3, -0.25) is 9.59 Å². The Bertz CT molecular complexity index is 1100. The first-order valence-corrected chi connectivity index (χ1v) is 12.2. The number of esters is 1. The van der Waals surface area contributed by atoms with Gasteiger partial charge in [-0.25, -0.2) is 4.79 Å². The summed E-state index contributed by atoms with van der Waals surface area (Å²) in [7, 11) is 1.32. The van der Waals surface area contributed by atoms with Crippen LogP contribution >= 0.6 is 11.3 Å². The van der Waals surface area contributed by atoms with Gasteiger partial charge < -0.3 is 15.2 Å². The van der Waals surface area contributed by atoms with E-state index in [4.69, 9.17) is 4.74 Å². The summed E-state index contributed by atoms with van der Waals surface area (Å²) >= 11 is 1.33. The Kier molecular flexibility index (Phi) is 6.12. The lowest BCUT2D eigenvalue weighted by Gasteiger charge is -2.26. The molecule has 2 aliphatic rings. The molecule has 4 atom stereocenters. The maximum absolute atomic E-state index is 13.3. The highest BCUT2D eigenvalue weighted by molar-refractivity contribution is 7.17. The number of aryl methyl sites for hydroxylation is 1. The van der Waals surface area contributed by atoms with Crippen molar-refractivity contribution in [1.29, 1.82) is 0 Å². The van der Waals surface area contributed by atoms with Gasteiger partial charge in [-0.15, -0.1) is 11.3 Å². The highest BCUT2D eigenvalue weighted by Gasteiger charge is 2.54. The van der Waals surface area contributed by atoms with Gasteiger partial charge >= 0.3 is 11.9 Å². The van der Waals surface area contributed by atoms with E-state index in [2.05, 4.69) is 38.2 Å². The van der Waals surface area contributed by atoms with Gasteiger partial charge in [0.2, 0.25) is 5.91 Å². The number of anilines is 1. The number of hydrogen-bond acceptors (Lipinski definition) is 5. The molecule has 7 heteroatoms. The largest absolute Gasteiger partial charge is 0.481 e. The Hall–Kier alpha value is -2.67. The van der Waals surface area contributed by atoms with Crippen LogP contribution in [0.15, 0.2) is 24.3 Å². The summed E-state index contributed by atoms with van der Waals surface area (Å²) in [5.41, 5.74) is 3.13. The van der Waals surface area contributed by atoms with Gasteiger partial charge in [0.25, 0.3) is 0 Å². The summed E-state index contributed by atoms with van der Waals surface area (Å²) in [5, 5.41) is 13.1. The molecule has 2 aromatic rings. The van der Waals surface area contributed by atoms with Gasteiger partial charge in [0.05, 0.1) is 18.9 Å². The van der Waals surface area contributed by atoms with Gasteiger partial charge in [-0.05, 0) is 54.6 Å². The number of carboxylic acid groups (broad SMARTS) is 1. The lowest BCUT2D eigenvalue weighted by atomic mass is 9.78. The molecule has 0 saturated heterocycles. The quantitative estimate of drug-likeness (QED) is 0.565. The third-order valence-corrected chi connectivity index (χ3v) is 8.28. The minimum Gasteiger partial charge on any atom is -0.481 e. The third kappa shape index (κ3) is 4.19. The molecule has 4 rings (SSSR count). The third-order valence-electron chi connectivity index (χ3n) is 7.25. The first kappa shape index (κ1) is 23.5. The van der Waals surface area contributed by atoms with Crippen LogP contribution in [0.4, 0.5) is 5.00 Å². The number of fused-ring (bicyclic) bond motifs is 2. The number of hydrogen-bond donors (Lipinski definition) is 2. The summed E-state index contributed by atoms with van der Waals surface area (Å²) in [6, 6.07) is 8.09. The van der Waals surface area contributed by atoms with Gasteiger partial charge in [0.15, 0.2) is 0 Å². The molecule has 2 fully saturated rings. The summed E-state index contributed by atoms with van der Waals surface area (Å²) in [5.74, 6) is -2.81. The Morgan fingerprint density at radius 2 is 1.67 bits per heavy atom. The number of carbonyl (C=O) groups is 3. The summed E-state index contributed by atoms with van der Waals surface area (Å²) in [4.78, 5) is 38.8. The van der Waals surface area contributed by atoms with Crippen LogP contribution in [0.2, 0.25) is 0 Å². The van der Waals surface area contributed by atoms with Crippen LogP contribution in [0.25, 0.3) is 11.1 Å². The van der Waals surface area contributed by atoms with E-state index < -0.39 is 23.8 Å². The minimum absolute atomic E-state index is 0.00782. The van der Waals surface area contributed by atoms with Crippen molar-refractivity contribution in [3.05, 3.63) is 40.3 Å². The summed E-state index contributed by atoms with van der Waals surface area (Å²) in [6.45, 7) is 8.35. The van der Waals surface area contributed by atoms with E-state index in [1.54, 1.807) is 0 Å². The first-order valence-electron chi connectivity index (χ1n) is 11.4. The van der Waals surface area contributed by atoms with Crippen molar-refractivity contribution in [2.24, 2.45) is 23.7 Å². The maximum atomic E-state index is 13.3. The number of rotatable bonds is 5. The zero-order valence-corrected chi connectivity index (χ0v) is 20.5. The molecule has 2 saturated carbocycles. The fraction of sp³-hybridized carbons (Fsp3) is 0.500. The lowest BCUT2D eigenvalue weighted by Crippen LogP contribution is -2.37. The second-order valence-corrected chi connectivity index (χ2v) is 11.5. The van der Waals surface area contributed by atoms with Gasteiger partial charge in [-0.1, -0.05) is 45.0 Å². The fourth-order valence-electron chi connectivity index (χ4n) is 5.63. The number of aliphatic carboxylic acids is 1. The average molecular weight is 470 g/mol. The number of carboxylic acids is 1. The van der Waals surface area contributed by atoms with E-state index in [0.29, 0.717) is 10.6 Å². The topological polar surface area (TPSA) is 92.7 Å². The molecule has 6 nitrogen and oxygen atoms in total. The van der Waals surface area contributed by atoms with Gasteiger partial charge in [0, 0.05) is 10.4 Å². The number of amides is 1. The van der Waals surface area contributed by atoms with Gasteiger partial charge in [-0.2, -0.15) is 0 Å². The van der Waals surface area contributed by atoms with Crippen LogP contribution in [-0.2, 0) is 19.7 Å². The van der Waals surface area contributed by atoms with E-state index in [1.165, 1.54) is 24.0 Å². The highest BCUT2D eigenvalue weighted by atomic mass is 32.1. The van der Waals surface area contributed by atoms with Crippen LogP contribution in [0.5, 0.6) is 0 Å². The van der Waals surface area contributed by atoms with Crippen molar-refractivity contribution < 1.29 is 24.2 Å². The summed E-state index contributed by atoms with van der Waals surface area (Å²) < 4.78 is 5.07. The molecule has 0 radical (unpaired) electrons. The van der Waals surface area contributed by atoms with Crippen LogP contribution in [0.3, 0.4) is 0 Å². The molecule has 1 aromatic carbocycles. The zero-order valence-electron chi connectivity index (χ0n) is 19.7. The van der Waals surface area contributed by atoms with Crippen LogP contribution in [-0.4, -0.2) is 30.1 Å². The second kappa shape index (κ2) is 8.60. The number of nitrogens with one attached hydrogen (secondary N) is 1. The van der Waals surface area contributed by atoms with Gasteiger partial charge in [0.1, 0.15) is 10.6 Å². The Morgan fingerprint density at radius 1 is 1.06 bits per heavy atom. The molecule has 33 heavy (non-hydrogen) atoms. The molecule has 1 heterocycles. The molecule has 0 unspecified atom stereocenters. The van der Waals surface area contributed by atoms with E-state index >= 15 is 0 Å². The molecule has 176 valence electrons. The molecule has 1 amide bonds. The molecule has 2 N–H and O–H groups in total. The van der Waals surface area contributed by atoms with Crippen molar-refractivity contribution in [3.63, 3.8) is 0 Å². The first-order chi connectivity index (χ1) is 15.5. The average Bonchev–Trinajstić information content (AvgIpc) is 3.45.